The van der Waals surface area contributed by atoms with Crippen molar-refractivity contribution in [2.45, 2.75) is 51.0 Å². The van der Waals surface area contributed by atoms with E-state index in [-0.39, 0.29) is 24.8 Å². The molecule has 1 aromatic heterocycles. The van der Waals surface area contributed by atoms with Crippen LogP contribution in [0, 0.1) is 11.8 Å². The van der Waals surface area contributed by atoms with E-state index in [0.29, 0.717) is 43.2 Å². The Labute approximate surface area is 234 Å². The van der Waals surface area contributed by atoms with Gasteiger partial charge in [-0.1, -0.05) is 12.1 Å². The number of benzene rings is 1. The maximum atomic E-state index is 13.3. The fourth-order valence-corrected chi connectivity index (χ4v) is 5.52. The van der Waals surface area contributed by atoms with Crippen LogP contribution in [0.1, 0.15) is 56.6 Å². The first-order valence-corrected chi connectivity index (χ1v) is 14.2. The van der Waals surface area contributed by atoms with E-state index in [0.717, 1.165) is 49.9 Å². The molecule has 3 N–H and O–H groups in total. The molecule has 2 amide bonds. The summed E-state index contributed by atoms with van der Waals surface area (Å²) in [6.45, 7) is 2.36. The van der Waals surface area contributed by atoms with Gasteiger partial charge in [0, 0.05) is 37.5 Å². The first kappa shape index (κ1) is 29.5. The van der Waals surface area contributed by atoms with Crippen molar-refractivity contribution in [2.75, 3.05) is 39.5 Å². The summed E-state index contributed by atoms with van der Waals surface area (Å²) >= 11 is 0. The zero-order chi connectivity index (χ0) is 28.3. The summed E-state index contributed by atoms with van der Waals surface area (Å²) in [5, 5.41) is 15.8. The summed E-state index contributed by atoms with van der Waals surface area (Å²) in [7, 11) is 0. The number of hydrogen-bond donors (Lipinski definition) is 3. The zero-order valence-corrected chi connectivity index (χ0v) is 22.8. The standard InChI is InChI=1S/C30H39FN4O5/c31-10-14-40-26-5-1-3-22(16-26)24-15-25(19-33-18-24)27(17-29(37)38)34-30(39)23-4-2-13-35(20-23)28(36)7-6-21-8-11-32-12-9-21/h1,3,5,15-16,18-19,21,23,27,32H,2,4,6-14,17,20H2,(H,34,39)(H,37,38)/t23-,27?/m1/s1. The van der Waals surface area contributed by atoms with Crippen LogP contribution < -0.4 is 15.4 Å². The number of nitrogens with zero attached hydrogens (tertiary/aromatic N) is 2. The molecule has 0 spiro atoms. The lowest BCUT2D eigenvalue weighted by atomic mass is 9.92. The minimum absolute atomic E-state index is 0.0448. The number of nitrogens with one attached hydrogen (secondary N) is 2. The smallest absolute Gasteiger partial charge is 0.305 e. The largest absolute Gasteiger partial charge is 0.491 e. The molecular formula is C30H39FN4O5. The summed E-state index contributed by atoms with van der Waals surface area (Å²) in [6, 6.07) is 8.15. The molecule has 0 saturated carbocycles. The SMILES string of the molecule is O=C(O)CC(NC(=O)[C@@H]1CCCN(C(=O)CCC2CCNCC2)C1)c1cncc(-c2cccc(OCCF)c2)c1. The lowest BCUT2D eigenvalue weighted by Gasteiger charge is -2.33. The fourth-order valence-electron chi connectivity index (χ4n) is 5.52. The van der Waals surface area contributed by atoms with Crippen LogP contribution in [-0.4, -0.2) is 72.2 Å². The number of carboxylic acid groups (broad SMARTS) is 1. The molecule has 1 unspecified atom stereocenters. The van der Waals surface area contributed by atoms with Crippen molar-refractivity contribution >= 4 is 17.8 Å². The van der Waals surface area contributed by atoms with Crippen LogP contribution in [0.5, 0.6) is 5.75 Å². The molecule has 2 aliphatic rings. The number of amides is 2. The van der Waals surface area contributed by atoms with E-state index in [1.54, 1.807) is 41.6 Å². The molecule has 10 heteroatoms. The van der Waals surface area contributed by atoms with Crippen molar-refractivity contribution in [3.8, 4) is 16.9 Å². The summed E-state index contributed by atoms with van der Waals surface area (Å²) in [4.78, 5) is 44.0. The van der Waals surface area contributed by atoms with Crippen LogP contribution in [-0.2, 0) is 14.4 Å². The number of halogens is 1. The van der Waals surface area contributed by atoms with Gasteiger partial charge in [-0.25, -0.2) is 4.39 Å². The van der Waals surface area contributed by atoms with E-state index >= 15 is 0 Å². The molecule has 2 saturated heterocycles. The predicted molar refractivity (Wildman–Crippen MR) is 148 cm³/mol. The molecule has 9 nitrogen and oxygen atoms in total. The number of ether oxygens (including phenoxy) is 1. The molecular weight excluding hydrogens is 515 g/mol. The molecule has 1 aromatic carbocycles. The minimum Gasteiger partial charge on any atom is -0.491 e. The molecule has 2 atom stereocenters. The second kappa shape index (κ2) is 14.7. The van der Waals surface area contributed by atoms with Crippen molar-refractivity contribution in [1.82, 2.24) is 20.5 Å². The maximum Gasteiger partial charge on any atom is 0.305 e. The summed E-state index contributed by atoms with van der Waals surface area (Å²) in [5.74, 6) is -0.519. The molecule has 2 fully saturated rings. The second-order valence-corrected chi connectivity index (χ2v) is 10.6. The van der Waals surface area contributed by atoms with Gasteiger partial charge in [-0.05, 0) is 80.4 Å². The molecule has 216 valence electrons. The Morgan fingerprint density at radius 3 is 2.75 bits per heavy atom. The molecule has 0 radical (unpaired) electrons. The van der Waals surface area contributed by atoms with Gasteiger partial charge < -0.3 is 25.4 Å². The zero-order valence-electron chi connectivity index (χ0n) is 22.8. The Hall–Kier alpha value is -3.53. The van der Waals surface area contributed by atoms with E-state index in [2.05, 4.69) is 15.6 Å². The number of aliphatic carboxylic acids is 1. The highest BCUT2D eigenvalue weighted by Crippen LogP contribution is 2.28. The fraction of sp³-hybridized carbons (Fsp3) is 0.533. The third-order valence-corrected chi connectivity index (χ3v) is 7.74. The Balaban J connectivity index is 1.40. The van der Waals surface area contributed by atoms with Crippen LogP contribution in [0.15, 0.2) is 42.7 Å². The van der Waals surface area contributed by atoms with Crippen LogP contribution >= 0.6 is 0 Å². The quantitative estimate of drug-likeness (QED) is 0.365. The number of pyridine rings is 1. The number of alkyl halides is 1. The Morgan fingerprint density at radius 1 is 1.15 bits per heavy atom. The number of aromatic nitrogens is 1. The highest BCUT2D eigenvalue weighted by molar-refractivity contribution is 5.82. The van der Waals surface area contributed by atoms with E-state index < -0.39 is 24.6 Å². The topological polar surface area (TPSA) is 121 Å². The number of likely N-dealkylation sites (tertiary alicyclic amines) is 1. The molecule has 0 bridgehead atoms. The van der Waals surface area contributed by atoms with Gasteiger partial charge in [-0.2, -0.15) is 0 Å². The van der Waals surface area contributed by atoms with Crippen molar-refractivity contribution in [3.63, 3.8) is 0 Å². The first-order valence-electron chi connectivity index (χ1n) is 14.2. The lowest BCUT2D eigenvalue weighted by molar-refractivity contribution is -0.138. The van der Waals surface area contributed by atoms with E-state index in [1.165, 1.54) is 0 Å². The number of rotatable bonds is 12. The summed E-state index contributed by atoms with van der Waals surface area (Å²) in [6.07, 6.45) is 7.84. The molecule has 40 heavy (non-hydrogen) atoms. The Bertz CT molecular complexity index is 1160. The van der Waals surface area contributed by atoms with Gasteiger partial charge in [0.25, 0.3) is 0 Å². The van der Waals surface area contributed by atoms with Crippen LogP contribution in [0.25, 0.3) is 11.1 Å². The molecule has 2 aliphatic heterocycles. The Kier molecular flexibility index (Phi) is 10.9. The highest BCUT2D eigenvalue weighted by Gasteiger charge is 2.30. The third kappa shape index (κ3) is 8.48. The monoisotopic (exact) mass is 554 g/mol. The minimum atomic E-state index is -1.05. The van der Waals surface area contributed by atoms with Gasteiger partial charge >= 0.3 is 5.97 Å². The van der Waals surface area contributed by atoms with E-state index in [1.807, 2.05) is 6.07 Å². The second-order valence-electron chi connectivity index (χ2n) is 10.6. The van der Waals surface area contributed by atoms with E-state index in [9.17, 15) is 23.9 Å². The van der Waals surface area contributed by atoms with E-state index in [4.69, 9.17) is 4.74 Å². The van der Waals surface area contributed by atoms with Gasteiger partial charge in [0.1, 0.15) is 19.0 Å². The molecule has 2 aromatic rings. The first-order chi connectivity index (χ1) is 19.4. The van der Waals surface area contributed by atoms with Gasteiger partial charge in [0.15, 0.2) is 0 Å². The van der Waals surface area contributed by atoms with Crippen molar-refractivity contribution in [3.05, 3.63) is 48.3 Å². The summed E-state index contributed by atoms with van der Waals surface area (Å²) < 4.78 is 17.9. The number of carbonyl (C=O) groups is 3. The van der Waals surface area contributed by atoms with Crippen LogP contribution in [0.4, 0.5) is 4.39 Å². The van der Waals surface area contributed by atoms with Crippen molar-refractivity contribution in [2.24, 2.45) is 11.8 Å². The number of carbonyl (C=O) groups excluding carboxylic acids is 2. The van der Waals surface area contributed by atoms with Crippen molar-refractivity contribution in [1.29, 1.82) is 0 Å². The predicted octanol–water partition coefficient (Wildman–Crippen LogP) is 3.75. The normalized spacial score (nSPS) is 18.6. The van der Waals surface area contributed by atoms with Gasteiger partial charge in [-0.3, -0.25) is 19.4 Å². The lowest BCUT2D eigenvalue weighted by Crippen LogP contribution is -2.46. The third-order valence-electron chi connectivity index (χ3n) is 7.74. The van der Waals surface area contributed by atoms with Gasteiger partial charge in [0.05, 0.1) is 18.4 Å². The maximum absolute atomic E-state index is 13.3. The van der Waals surface area contributed by atoms with Crippen molar-refractivity contribution < 1.29 is 28.6 Å². The van der Waals surface area contributed by atoms with Crippen LogP contribution in [0.2, 0.25) is 0 Å². The number of hydrogen-bond acceptors (Lipinski definition) is 6. The molecule has 3 heterocycles. The Morgan fingerprint density at radius 2 is 1.98 bits per heavy atom. The van der Waals surface area contributed by atoms with Gasteiger partial charge in [0.2, 0.25) is 11.8 Å². The summed E-state index contributed by atoms with van der Waals surface area (Å²) in [5.41, 5.74) is 2.06. The number of piperidine rings is 2. The average Bonchev–Trinajstić information content (AvgIpc) is 2.99. The average molecular weight is 555 g/mol. The van der Waals surface area contributed by atoms with Crippen LogP contribution in [0.3, 0.4) is 0 Å². The molecule has 4 rings (SSSR count). The van der Waals surface area contributed by atoms with Gasteiger partial charge in [-0.15, -0.1) is 0 Å². The number of carboxylic acids is 1. The highest BCUT2D eigenvalue weighted by atomic mass is 19.1. The molecule has 0 aliphatic carbocycles.